The van der Waals surface area contributed by atoms with Gasteiger partial charge in [0.05, 0.1) is 0 Å². The van der Waals surface area contributed by atoms with Crippen LogP contribution in [0.5, 0.6) is 0 Å². The molecule has 1 aromatic heterocycles. The second-order valence-corrected chi connectivity index (χ2v) is 5.61. The quantitative estimate of drug-likeness (QED) is 0.767. The summed E-state index contributed by atoms with van der Waals surface area (Å²) in [6.07, 6.45) is 7.54. The molecular weight excluding hydrogens is 258 g/mol. The number of hydrogen-bond donors (Lipinski definition) is 0. The lowest BCUT2D eigenvalue weighted by Gasteiger charge is -2.08. The van der Waals surface area contributed by atoms with E-state index in [1.807, 2.05) is 24.0 Å². The average Bonchev–Trinajstić information content (AvgIpc) is 2.69. The van der Waals surface area contributed by atoms with Crippen molar-refractivity contribution in [1.82, 2.24) is 4.98 Å². The fourth-order valence-corrected chi connectivity index (χ4v) is 3.52. The Balaban J connectivity index is 1.88. The molecule has 0 radical (unpaired) electrons. The summed E-state index contributed by atoms with van der Waals surface area (Å²) in [5.74, 6) is 2.16. The predicted molar refractivity (Wildman–Crippen MR) is 64.6 cm³/mol. The second-order valence-electron chi connectivity index (χ2n) is 3.75. The van der Waals surface area contributed by atoms with Crippen LogP contribution >= 0.6 is 27.7 Å². The molecule has 0 aliphatic heterocycles. The molecule has 76 valence electrons. The first-order valence-electron chi connectivity index (χ1n) is 5.09. The van der Waals surface area contributed by atoms with Crippen LogP contribution in [-0.2, 0) is 0 Å². The maximum absolute atomic E-state index is 4.36. The van der Waals surface area contributed by atoms with Crippen LogP contribution in [0.1, 0.15) is 25.7 Å². The van der Waals surface area contributed by atoms with Crippen molar-refractivity contribution in [2.24, 2.45) is 5.92 Å². The molecular formula is C11H14BrNS. The molecule has 1 aliphatic rings. The smallest absolute Gasteiger partial charge is 0.110 e. The molecule has 0 amide bonds. The zero-order chi connectivity index (χ0) is 9.80. The molecule has 1 aliphatic carbocycles. The Morgan fingerprint density at radius 1 is 1.43 bits per heavy atom. The minimum atomic E-state index is 0.925. The van der Waals surface area contributed by atoms with Crippen LogP contribution in [0.2, 0.25) is 0 Å². The SMILES string of the molecule is Brc1cccnc1SCC1CCCC1. The van der Waals surface area contributed by atoms with Crippen molar-refractivity contribution in [3.05, 3.63) is 22.8 Å². The van der Waals surface area contributed by atoms with Crippen molar-refractivity contribution in [2.75, 3.05) is 5.75 Å². The van der Waals surface area contributed by atoms with E-state index in [2.05, 4.69) is 27.0 Å². The molecule has 1 fully saturated rings. The van der Waals surface area contributed by atoms with E-state index in [0.717, 1.165) is 15.4 Å². The number of halogens is 1. The van der Waals surface area contributed by atoms with Crippen molar-refractivity contribution in [3.8, 4) is 0 Å². The van der Waals surface area contributed by atoms with E-state index < -0.39 is 0 Å². The van der Waals surface area contributed by atoms with Crippen LogP contribution in [0.15, 0.2) is 27.8 Å². The standard InChI is InChI=1S/C11H14BrNS/c12-10-6-3-7-13-11(10)14-8-9-4-1-2-5-9/h3,6-7,9H,1-2,4-5,8H2. The Bertz CT molecular complexity index is 297. The second kappa shape index (κ2) is 5.17. The van der Waals surface area contributed by atoms with Gasteiger partial charge in [0.15, 0.2) is 0 Å². The molecule has 0 atom stereocenters. The number of pyridine rings is 1. The van der Waals surface area contributed by atoms with Crippen LogP contribution in [0.4, 0.5) is 0 Å². The third-order valence-corrected chi connectivity index (χ3v) is 4.79. The molecule has 0 N–H and O–H groups in total. The Kier molecular flexibility index (Phi) is 3.88. The molecule has 1 nitrogen and oxygen atoms in total. The van der Waals surface area contributed by atoms with Gasteiger partial charge in [0, 0.05) is 16.4 Å². The summed E-state index contributed by atoms with van der Waals surface area (Å²) in [5, 5.41) is 1.14. The van der Waals surface area contributed by atoms with Crippen molar-refractivity contribution in [1.29, 1.82) is 0 Å². The van der Waals surface area contributed by atoms with Gasteiger partial charge in [0.25, 0.3) is 0 Å². The maximum atomic E-state index is 4.36. The Hall–Kier alpha value is -0.0200. The fraction of sp³-hybridized carbons (Fsp3) is 0.545. The van der Waals surface area contributed by atoms with E-state index in [9.17, 15) is 0 Å². The highest BCUT2D eigenvalue weighted by molar-refractivity contribution is 9.10. The number of hydrogen-bond acceptors (Lipinski definition) is 2. The van der Waals surface area contributed by atoms with Gasteiger partial charge in [-0.15, -0.1) is 11.8 Å². The summed E-state index contributed by atoms with van der Waals surface area (Å²) < 4.78 is 1.13. The topological polar surface area (TPSA) is 12.9 Å². The third-order valence-electron chi connectivity index (χ3n) is 2.66. The summed E-state index contributed by atoms with van der Waals surface area (Å²) in [5.41, 5.74) is 0. The Morgan fingerprint density at radius 3 is 2.93 bits per heavy atom. The zero-order valence-electron chi connectivity index (χ0n) is 8.08. The molecule has 14 heavy (non-hydrogen) atoms. The van der Waals surface area contributed by atoms with E-state index in [-0.39, 0.29) is 0 Å². The minimum Gasteiger partial charge on any atom is -0.249 e. The first-order valence-corrected chi connectivity index (χ1v) is 6.87. The Morgan fingerprint density at radius 2 is 2.21 bits per heavy atom. The lowest BCUT2D eigenvalue weighted by atomic mass is 10.1. The molecule has 0 unspecified atom stereocenters. The molecule has 3 heteroatoms. The minimum absolute atomic E-state index is 0.925. The van der Waals surface area contributed by atoms with E-state index in [1.54, 1.807) is 0 Å². The third kappa shape index (κ3) is 2.74. The highest BCUT2D eigenvalue weighted by atomic mass is 79.9. The van der Waals surface area contributed by atoms with Crippen LogP contribution in [0, 0.1) is 5.92 Å². The van der Waals surface area contributed by atoms with Crippen molar-refractivity contribution < 1.29 is 0 Å². The van der Waals surface area contributed by atoms with Gasteiger partial charge in [-0.2, -0.15) is 0 Å². The lowest BCUT2D eigenvalue weighted by molar-refractivity contribution is 0.623. The molecule has 1 aromatic rings. The molecule has 0 spiro atoms. The summed E-state index contributed by atoms with van der Waals surface area (Å²) >= 11 is 5.41. The van der Waals surface area contributed by atoms with Gasteiger partial charge in [-0.1, -0.05) is 12.8 Å². The van der Waals surface area contributed by atoms with E-state index in [1.165, 1.54) is 31.4 Å². The number of thioether (sulfide) groups is 1. The normalized spacial score (nSPS) is 17.5. The van der Waals surface area contributed by atoms with Crippen LogP contribution in [-0.4, -0.2) is 10.7 Å². The first kappa shape index (κ1) is 10.5. The van der Waals surface area contributed by atoms with Crippen molar-refractivity contribution in [2.45, 2.75) is 30.7 Å². The zero-order valence-corrected chi connectivity index (χ0v) is 10.5. The van der Waals surface area contributed by atoms with Gasteiger partial charge in [-0.3, -0.25) is 0 Å². The summed E-state index contributed by atoms with van der Waals surface area (Å²) in [6.45, 7) is 0. The molecule has 1 heterocycles. The summed E-state index contributed by atoms with van der Waals surface area (Å²) in [4.78, 5) is 4.36. The molecule has 2 rings (SSSR count). The monoisotopic (exact) mass is 271 g/mol. The Labute approximate surface area is 97.8 Å². The van der Waals surface area contributed by atoms with Gasteiger partial charge in [-0.25, -0.2) is 4.98 Å². The highest BCUT2D eigenvalue weighted by Gasteiger charge is 2.15. The van der Waals surface area contributed by atoms with Crippen molar-refractivity contribution in [3.63, 3.8) is 0 Å². The molecule has 0 aromatic carbocycles. The van der Waals surface area contributed by atoms with Gasteiger partial charge >= 0.3 is 0 Å². The van der Waals surface area contributed by atoms with E-state index in [0.29, 0.717) is 0 Å². The van der Waals surface area contributed by atoms with E-state index >= 15 is 0 Å². The highest BCUT2D eigenvalue weighted by Crippen LogP contribution is 2.32. The van der Waals surface area contributed by atoms with E-state index in [4.69, 9.17) is 0 Å². The molecule has 1 saturated carbocycles. The fourth-order valence-electron chi connectivity index (χ4n) is 1.85. The van der Waals surface area contributed by atoms with Crippen LogP contribution < -0.4 is 0 Å². The number of aromatic nitrogens is 1. The molecule has 0 saturated heterocycles. The average molecular weight is 272 g/mol. The molecule has 0 bridgehead atoms. The lowest BCUT2D eigenvalue weighted by Crippen LogP contribution is -1.97. The van der Waals surface area contributed by atoms with Crippen molar-refractivity contribution >= 4 is 27.7 Å². The number of nitrogens with zero attached hydrogens (tertiary/aromatic N) is 1. The van der Waals surface area contributed by atoms with Gasteiger partial charge in [-0.05, 0) is 46.8 Å². The maximum Gasteiger partial charge on any atom is 0.110 e. The number of rotatable bonds is 3. The summed E-state index contributed by atoms with van der Waals surface area (Å²) in [7, 11) is 0. The van der Waals surface area contributed by atoms with Gasteiger partial charge < -0.3 is 0 Å². The van der Waals surface area contributed by atoms with Crippen LogP contribution in [0.25, 0.3) is 0 Å². The first-order chi connectivity index (χ1) is 6.86. The predicted octanol–water partition coefficient (Wildman–Crippen LogP) is 4.13. The largest absolute Gasteiger partial charge is 0.249 e. The summed E-state index contributed by atoms with van der Waals surface area (Å²) in [6, 6.07) is 4.02. The van der Waals surface area contributed by atoms with Crippen LogP contribution in [0.3, 0.4) is 0 Å². The van der Waals surface area contributed by atoms with Gasteiger partial charge in [0.1, 0.15) is 5.03 Å². The van der Waals surface area contributed by atoms with Gasteiger partial charge in [0.2, 0.25) is 0 Å².